The van der Waals surface area contributed by atoms with Gasteiger partial charge in [0.1, 0.15) is 23.9 Å². The highest BCUT2D eigenvalue weighted by atomic mass is 35.5. The van der Waals surface area contributed by atoms with Crippen LogP contribution in [0.3, 0.4) is 0 Å². The Labute approximate surface area is 166 Å². The first kappa shape index (κ1) is 17.7. The van der Waals surface area contributed by atoms with E-state index in [1.165, 1.54) is 6.07 Å². The Kier molecular flexibility index (Phi) is 4.37. The third-order valence-corrected chi connectivity index (χ3v) is 5.92. The Bertz CT molecular complexity index is 1140. The van der Waals surface area contributed by atoms with Gasteiger partial charge in [-0.3, -0.25) is 4.90 Å². The fourth-order valence-electron chi connectivity index (χ4n) is 4.28. The summed E-state index contributed by atoms with van der Waals surface area (Å²) in [5.41, 5.74) is 3.46. The molecule has 1 aliphatic carbocycles. The molecule has 2 aromatic carbocycles. The van der Waals surface area contributed by atoms with E-state index in [1.54, 1.807) is 12.1 Å². The van der Waals surface area contributed by atoms with E-state index in [9.17, 15) is 9.18 Å². The van der Waals surface area contributed by atoms with Crippen LogP contribution in [0, 0.1) is 5.82 Å². The molecular weight excluding hydrogens is 381 g/mol. The van der Waals surface area contributed by atoms with Gasteiger partial charge in [0.05, 0.1) is 10.6 Å². The van der Waals surface area contributed by atoms with Crippen molar-refractivity contribution in [2.75, 3.05) is 6.73 Å². The maximum atomic E-state index is 14.1. The van der Waals surface area contributed by atoms with Crippen molar-refractivity contribution in [3.8, 4) is 5.75 Å². The topological polar surface area (TPSA) is 42.7 Å². The van der Waals surface area contributed by atoms with E-state index in [2.05, 4.69) is 0 Å². The molecule has 0 radical (unpaired) electrons. The van der Waals surface area contributed by atoms with Gasteiger partial charge in [0.2, 0.25) is 0 Å². The number of rotatable bonds is 2. The SMILES string of the molecule is O=c1oc2c3c(c(Cl)cc2c2c1CCCC2)OCN(Cc1ccccc1F)C3. The van der Waals surface area contributed by atoms with Crippen molar-refractivity contribution < 1.29 is 13.5 Å². The molecule has 6 heteroatoms. The van der Waals surface area contributed by atoms with Gasteiger partial charge in [-0.25, -0.2) is 9.18 Å². The zero-order chi connectivity index (χ0) is 19.3. The molecule has 1 aliphatic heterocycles. The van der Waals surface area contributed by atoms with Crippen LogP contribution >= 0.6 is 11.6 Å². The van der Waals surface area contributed by atoms with Crippen molar-refractivity contribution in [1.82, 2.24) is 4.90 Å². The number of aryl methyl sites for hydroxylation is 1. The minimum atomic E-state index is -0.266. The van der Waals surface area contributed by atoms with Gasteiger partial charge in [-0.15, -0.1) is 0 Å². The zero-order valence-corrected chi connectivity index (χ0v) is 16.0. The monoisotopic (exact) mass is 399 g/mol. The molecule has 0 saturated heterocycles. The number of fused-ring (bicyclic) bond motifs is 5. The summed E-state index contributed by atoms with van der Waals surface area (Å²) in [5.74, 6) is 0.308. The summed E-state index contributed by atoms with van der Waals surface area (Å²) < 4.78 is 25.7. The molecule has 0 atom stereocenters. The first-order chi connectivity index (χ1) is 13.6. The van der Waals surface area contributed by atoms with E-state index in [0.717, 1.165) is 47.8 Å². The lowest BCUT2D eigenvalue weighted by Gasteiger charge is -2.30. The van der Waals surface area contributed by atoms with Crippen LogP contribution in [0.2, 0.25) is 5.02 Å². The predicted octanol–water partition coefficient (Wildman–Crippen LogP) is 4.82. The lowest BCUT2D eigenvalue weighted by molar-refractivity contribution is 0.0880. The maximum absolute atomic E-state index is 14.1. The number of hydrogen-bond donors (Lipinski definition) is 0. The van der Waals surface area contributed by atoms with Crippen LogP contribution in [0.4, 0.5) is 4.39 Å². The van der Waals surface area contributed by atoms with E-state index in [4.69, 9.17) is 20.8 Å². The van der Waals surface area contributed by atoms with Crippen molar-refractivity contribution in [1.29, 1.82) is 0 Å². The van der Waals surface area contributed by atoms with Gasteiger partial charge in [0, 0.05) is 29.6 Å². The van der Waals surface area contributed by atoms with Crippen LogP contribution in [0.1, 0.15) is 35.1 Å². The minimum Gasteiger partial charge on any atom is -0.476 e. The molecule has 2 heterocycles. The number of ether oxygens (including phenoxy) is 1. The molecule has 28 heavy (non-hydrogen) atoms. The molecule has 4 nitrogen and oxygen atoms in total. The van der Waals surface area contributed by atoms with Gasteiger partial charge < -0.3 is 9.15 Å². The summed E-state index contributed by atoms with van der Waals surface area (Å²) in [4.78, 5) is 14.5. The molecule has 0 unspecified atom stereocenters. The van der Waals surface area contributed by atoms with Gasteiger partial charge >= 0.3 is 5.63 Å². The molecule has 0 spiro atoms. The Morgan fingerprint density at radius 2 is 1.89 bits per heavy atom. The smallest absolute Gasteiger partial charge is 0.339 e. The molecule has 0 amide bonds. The van der Waals surface area contributed by atoms with Crippen molar-refractivity contribution in [2.24, 2.45) is 0 Å². The van der Waals surface area contributed by atoms with Crippen LogP contribution in [0.5, 0.6) is 5.75 Å². The number of benzene rings is 2. The van der Waals surface area contributed by atoms with Crippen molar-refractivity contribution in [2.45, 2.75) is 38.8 Å². The summed E-state index contributed by atoms with van der Waals surface area (Å²) >= 11 is 6.51. The molecular formula is C22H19ClFNO3. The number of nitrogens with zero attached hydrogens (tertiary/aromatic N) is 1. The van der Waals surface area contributed by atoms with E-state index in [-0.39, 0.29) is 11.4 Å². The normalized spacial score (nSPS) is 16.5. The van der Waals surface area contributed by atoms with E-state index in [0.29, 0.717) is 41.7 Å². The second-order valence-corrected chi connectivity index (χ2v) is 7.86. The van der Waals surface area contributed by atoms with Gasteiger partial charge in [0.15, 0.2) is 0 Å². The van der Waals surface area contributed by atoms with Crippen molar-refractivity contribution in [3.63, 3.8) is 0 Å². The Balaban J connectivity index is 1.60. The quantitative estimate of drug-likeness (QED) is 0.579. The summed E-state index contributed by atoms with van der Waals surface area (Å²) in [5, 5.41) is 1.42. The maximum Gasteiger partial charge on any atom is 0.339 e. The highest BCUT2D eigenvalue weighted by Gasteiger charge is 2.27. The molecule has 1 aromatic heterocycles. The molecule has 144 valence electrons. The zero-order valence-electron chi connectivity index (χ0n) is 15.3. The van der Waals surface area contributed by atoms with Crippen LogP contribution in [-0.2, 0) is 25.9 Å². The van der Waals surface area contributed by atoms with E-state index in [1.807, 2.05) is 17.0 Å². The molecule has 0 saturated carbocycles. The highest BCUT2D eigenvalue weighted by molar-refractivity contribution is 6.33. The second kappa shape index (κ2) is 6.90. The van der Waals surface area contributed by atoms with Crippen LogP contribution in [-0.4, -0.2) is 11.6 Å². The number of halogens is 2. The molecule has 5 rings (SSSR count). The molecule has 3 aromatic rings. The third-order valence-electron chi connectivity index (χ3n) is 5.64. The molecule has 0 bridgehead atoms. The Morgan fingerprint density at radius 1 is 1.11 bits per heavy atom. The Morgan fingerprint density at radius 3 is 2.71 bits per heavy atom. The van der Waals surface area contributed by atoms with Crippen molar-refractivity contribution >= 4 is 22.6 Å². The lowest BCUT2D eigenvalue weighted by Crippen LogP contribution is -2.32. The van der Waals surface area contributed by atoms with Crippen LogP contribution in [0.15, 0.2) is 39.5 Å². The van der Waals surface area contributed by atoms with E-state index < -0.39 is 0 Å². The summed E-state index contributed by atoms with van der Waals surface area (Å²) in [6, 6.07) is 8.55. The molecule has 0 fully saturated rings. The van der Waals surface area contributed by atoms with Gasteiger partial charge in [0.25, 0.3) is 0 Å². The fourth-order valence-corrected chi connectivity index (χ4v) is 4.56. The number of hydrogen-bond acceptors (Lipinski definition) is 4. The van der Waals surface area contributed by atoms with Crippen molar-refractivity contribution in [3.05, 3.63) is 73.8 Å². The standard InChI is InChI=1S/C22H19ClFNO3/c23-18-9-16-14-6-2-3-7-15(14)22(26)28-20(16)17-11-25(12-27-21(17)18)10-13-5-1-4-8-19(13)24/h1,4-5,8-9H,2-3,6-7,10-12H2. The average molecular weight is 400 g/mol. The third kappa shape index (κ3) is 2.90. The predicted molar refractivity (Wildman–Crippen MR) is 105 cm³/mol. The largest absolute Gasteiger partial charge is 0.476 e. The van der Waals surface area contributed by atoms with Crippen LogP contribution < -0.4 is 10.4 Å². The average Bonchev–Trinajstić information content (AvgIpc) is 2.71. The molecule has 2 aliphatic rings. The molecule has 0 N–H and O–H groups in total. The van der Waals surface area contributed by atoms with E-state index >= 15 is 0 Å². The van der Waals surface area contributed by atoms with Gasteiger partial charge in [-0.1, -0.05) is 29.8 Å². The van der Waals surface area contributed by atoms with Gasteiger partial charge in [-0.05, 0) is 43.4 Å². The minimum absolute atomic E-state index is 0.246. The first-order valence-corrected chi connectivity index (χ1v) is 9.88. The fraction of sp³-hybridized carbons (Fsp3) is 0.318. The summed E-state index contributed by atoms with van der Waals surface area (Å²) in [7, 11) is 0. The first-order valence-electron chi connectivity index (χ1n) is 9.50. The Hall–Kier alpha value is -2.37. The second-order valence-electron chi connectivity index (χ2n) is 7.45. The summed E-state index contributed by atoms with van der Waals surface area (Å²) in [6.07, 6.45) is 3.65. The van der Waals surface area contributed by atoms with Gasteiger partial charge in [-0.2, -0.15) is 0 Å². The van der Waals surface area contributed by atoms with Crippen LogP contribution in [0.25, 0.3) is 11.0 Å². The lowest BCUT2D eigenvalue weighted by atomic mass is 9.90. The summed E-state index contributed by atoms with van der Waals surface area (Å²) in [6.45, 7) is 1.17. The highest BCUT2D eigenvalue weighted by Crippen LogP contribution is 2.41.